The van der Waals surface area contributed by atoms with Crippen molar-refractivity contribution >= 4 is 39.3 Å². The molecule has 10 heteroatoms. The van der Waals surface area contributed by atoms with Crippen LogP contribution in [0.1, 0.15) is 24.8 Å². The molecule has 0 bridgehead atoms. The highest BCUT2D eigenvalue weighted by Crippen LogP contribution is 2.22. The number of carboxylic acids is 2. The van der Waals surface area contributed by atoms with Crippen molar-refractivity contribution in [1.29, 1.82) is 0 Å². The normalized spacial score (nSPS) is 16.4. The topological polar surface area (TPSA) is 134 Å². The van der Waals surface area contributed by atoms with E-state index in [2.05, 4.69) is 34.5 Å². The summed E-state index contributed by atoms with van der Waals surface area (Å²) in [5.74, 6) is -4.20. The van der Waals surface area contributed by atoms with Crippen molar-refractivity contribution < 1.29 is 39.2 Å². The van der Waals surface area contributed by atoms with Crippen molar-refractivity contribution in [2.24, 2.45) is 0 Å². The number of nitrogens with zero attached hydrogens (tertiary/aromatic N) is 1. The number of carbonyl (C=O) groups excluding carboxylic acids is 1. The number of esters is 1. The van der Waals surface area contributed by atoms with Gasteiger partial charge in [0.1, 0.15) is 6.10 Å². The fraction of sp³-hybridized carbons (Fsp3) is 0.500. The molecule has 1 fully saturated rings. The third kappa shape index (κ3) is 6.73. The predicted octanol–water partition coefficient (Wildman–Crippen LogP) is 1.76. The Labute approximate surface area is 189 Å². The fourth-order valence-corrected chi connectivity index (χ4v) is 4.33. The Balaban J connectivity index is 1.25. The number of fused-ring (bicyclic) bond motifs is 1. The second-order valence-electron chi connectivity index (χ2n) is 7.96. The van der Waals surface area contributed by atoms with E-state index in [4.69, 9.17) is 19.7 Å². The number of hydrogen-bond donors (Lipinski definition) is 3. The number of aliphatic hydroxyl groups is 1. The average molecular weight is 466 g/mol. The van der Waals surface area contributed by atoms with Crippen molar-refractivity contribution in [2.45, 2.75) is 37.4 Å². The summed E-state index contributed by atoms with van der Waals surface area (Å²) >= 11 is 1.73. The van der Waals surface area contributed by atoms with E-state index in [-0.39, 0.29) is 0 Å². The third-order valence-electron chi connectivity index (χ3n) is 5.32. The summed E-state index contributed by atoms with van der Waals surface area (Å²) in [5.41, 5.74) is -1.42. The number of likely N-dealkylation sites (tertiary alicyclic amines) is 1. The zero-order valence-electron chi connectivity index (χ0n) is 17.6. The molecule has 1 aliphatic heterocycles. The van der Waals surface area contributed by atoms with E-state index in [1.54, 1.807) is 11.3 Å². The Kier molecular flexibility index (Phi) is 8.19. The minimum atomic E-state index is -2.67. The first-order valence-electron chi connectivity index (χ1n) is 10.4. The number of benzene rings is 1. The maximum Gasteiger partial charge on any atom is 0.336 e. The number of aliphatic carboxylic acids is 2. The molecule has 2 aromatic rings. The predicted molar refractivity (Wildman–Crippen MR) is 117 cm³/mol. The van der Waals surface area contributed by atoms with Crippen molar-refractivity contribution in [3.8, 4) is 0 Å². The molecule has 0 amide bonds. The van der Waals surface area contributed by atoms with Gasteiger partial charge in [-0.2, -0.15) is 0 Å². The molecule has 32 heavy (non-hydrogen) atoms. The molecule has 0 saturated carbocycles. The fourth-order valence-electron chi connectivity index (χ4n) is 3.56. The average Bonchev–Trinajstić information content (AvgIpc) is 3.15. The van der Waals surface area contributed by atoms with E-state index < -0.39 is 42.5 Å². The van der Waals surface area contributed by atoms with Crippen LogP contribution in [-0.4, -0.2) is 82.7 Å². The standard InChI is InChI=1S/C22H27NO8S/c24-19(25)11-22(29,21(27)28)12-20(26)31-17-13-23(14-17)6-1-7-30-8-4-15-2-3-18-16(10-15)5-9-32-18/h2-3,5,9-10,17,29H,1,4,6-8,11-14H2,(H,24,25)(H,27,28). The highest BCUT2D eigenvalue weighted by molar-refractivity contribution is 7.17. The number of ether oxygens (including phenoxy) is 2. The highest BCUT2D eigenvalue weighted by atomic mass is 32.1. The van der Waals surface area contributed by atoms with Gasteiger partial charge in [-0.1, -0.05) is 12.1 Å². The summed E-state index contributed by atoms with van der Waals surface area (Å²) in [5, 5.41) is 30.9. The smallest absolute Gasteiger partial charge is 0.336 e. The van der Waals surface area contributed by atoms with Gasteiger partial charge < -0.3 is 24.8 Å². The van der Waals surface area contributed by atoms with Crippen molar-refractivity contribution in [2.75, 3.05) is 32.8 Å². The Bertz CT molecular complexity index is 954. The minimum absolute atomic E-state index is 0.390. The number of hydrogen-bond acceptors (Lipinski definition) is 8. The minimum Gasteiger partial charge on any atom is -0.481 e. The van der Waals surface area contributed by atoms with E-state index in [0.29, 0.717) is 26.3 Å². The van der Waals surface area contributed by atoms with Gasteiger partial charge >= 0.3 is 17.9 Å². The molecule has 2 heterocycles. The SMILES string of the molecule is O=C(O)CC(O)(CC(=O)OC1CN(CCCOCCc2ccc3sccc3c2)C1)C(=O)O. The molecular formula is C22H27NO8S. The summed E-state index contributed by atoms with van der Waals surface area (Å²) in [4.78, 5) is 35.8. The molecule has 0 radical (unpaired) electrons. The zero-order chi connectivity index (χ0) is 23.1. The number of carbonyl (C=O) groups is 3. The highest BCUT2D eigenvalue weighted by Gasteiger charge is 2.42. The van der Waals surface area contributed by atoms with E-state index >= 15 is 0 Å². The van der Waals surface area contributed by atoms with Gasteiger partial charge in [0.25, 0.3) is 0 Å². The van der Waals surface area contributed by atoms with Crippen LogP contribution >= 0.6 is 11.3 Å². The summed E-state index contributed by atoms with van der Waals surface area (Å²) in [6, 6.07) is 8.57. The lowest BCUT2D eigenvalue weighted by Crippen LogP contribution is -2.54. The van der Waals surface area contributed by atoms with E-state index in [0.717, 1.165) is 19.4 Å². The molecule has 3 N–H and O–H groups in total. The van der Waals surface area contributed by atoms with Crippen molar-refractivity contribution in [3.05, 3.63) is 35.2 Å². The molecule has 1 atom stereocenters. The lowest BCUT2D eigenvalue weighted by atomic mass is 9.96. The number of carboxylic acid groups (broad SMARTS) is 2. The van der Waals surface area contributed by atoms with Crippen LogP contribution in [0.2, 0.25) is 0 Å². The molecule has 1 saturated heterocycles. The molecule has 1 aromatic heterocycles. The molecule has 0 spiro atoms. The second kappa shape index (κ2) is 10.9. The molecule has 174 valence electrons. The summed E-state index contributed by atoms with van der Waals surface area (Å²) in [6.07, 6.45) is -0.673. The van der Waals surface area contributed by atoms with E-state index in [1.807, 2.05) is 0 Å². The molecule has 9 nitrogen and oxygen atoms in total. The van der Waals surface area contributed by atoms with Gasteiger partial charge in [0.05, 0.1) is 19.4 Å². The third-order valence-corrected chi connectivity index (χ3v) is 6.21. The quantitative estimate of drug-likeness (QED) is 0.299. The van der Waals surface area contributed by atoms with Gasteiger partial charge in [0.15, 0.2) is 5.60 Å². The van der Waals surface area contributed by atoms with E-state index in [1.165, 1.54) is 15.6 Å². The summed E-state index contributed by atoms with van der Waals surface area (Å²) in [7, 11) is 0. The molecule has 0 aliphatic carbocycles. The van der Waals surface area contributed by atoms with Gasteiger partial charge in [0, 0.05) is 30.9 Å². The van der Waals surface area contributed by atoms with Gasteiger partial charge in [-0.25, -0.2) is 4.79 Å². The van der Waals surface area contributed by atoms with Crippen LogP contribution in [-0.2, 0) is 30.3 Å². The van der Waals surface area contributed by atoms with Crippen LogP contribution in [0, 0.1) is 0 Å². The Hall–Kier alpha value is -2.53. The molecular weight excluding hydrogens is 438 g/mol. The zero-order valence-corrected chi connectivity index (χ0v) is 18.4. The first kappa shape index (κ1) is 24.1. The molecule has 1 aromatic carbocycles. The Morgan fingerprint density at radius 1 is 1.12 bits per heavy atom. The second-order valence-corrected chi connectivity index (χ2v) is 8.91. The lowest BCUT2D eigenvalue weighted by Gasteiger charge is -2.38. The maximum absolute atomic E-state index is 11.9. The van der Waals surface area contributed by atoms with Crippen molar-refractivity contribution in [3.63, 3.8) is 0 Å². The van der Waals surface area contributed by atoms with Gasteiger partial charge in [-0.05, 0) is 41.3 Å². The van der Waals surface area contributed by atoms with Crippen LogP contribution in [0.15, 0.2) is 29.6 Å². The summed E-state index contributed by atoms with van der Waals surface area (Å²) in [6.45, 7) is 3.09. The molecule has 1 aliphatic rings. The van der Waals surface area contributed by atoms with Crippen LogP contribution in [0.5, 0.6) is 0 Å². The van der Waals surface area contributed by atoms with Crippen LogP contribution in [0.4, 0.5) is 0 Å². The van der Waals surface area contributed by atoms with E-state index in [9.17, 15) is 19.5 Å². The van der Waals surface area contributed by atoms with Crippen molar-refractivity contribution in [1.82, 2.24) is 4.90 Å². The van der Waals surface area contributed by atoms with Crippen LogP contribution < -0.4 is 0 Å². The van der Waals surface area contributed by atoms with Gasteiger partial charge in [0.2, 0.25) is 0 Å². The lowest BCUT2D eigenvalue weighted by molar-refractivity contribution is -0.176. The maximum atomic E-state index is 11.9. The number of rotatable bonds is 13. The van der Waals surface area contributed by atoms with Crippen LogP contribution in [0.25, 0.3) is 10.1 Å². The largest absolute Gasteiger partial charge is 0.481 e. The van der Waals surface area contributed by atoms with Crippen LogP contribution in [0.3, 0.4) is 0 Å². The monoisotopic (exact) mass is 465 g/mol. The number of thiophene rings is 1. The molecule has 1 unspecified atom stereocenters. The van der Waals surface area contributed by atoms with Gasteiger partial charge in [-0.3, -0.25) is 14.5 Å². The molecule has 3 rings (SSSR count). The Morgan fingerprint density at radius 2 is 1.91 bits per heavy atom. The Morgan fingerprint density at radius 3 is 2.62 bits per heavy atom. The van der Waals surface area contributed by atoms with Gasteiger partial charge in [-0.15, -0.1) is 11.3 Å². The first-order valence-corrected chi connectivity index (χ1v) is 11.3. The first-order chi connectivity index (χ1) is 15.2. The summed E-state index contributed by atoms with van der Waals surface area (Å²) < 4.78 is 12.1.